The number of benzene rings is 2. The van der Waals surface area contributed by atoms with E-state index in [2.05, 4.69) is 26.3 Å². The van der Waals surface area contributed by atoms with Crippen LogP contribution in [0, 0.1) is 0 Å². The molecule has 8 atom stereocenters. The van der Waals surface area contributed by atoms with Gasteiger partial charge in [-0.05, 0) is 68.7 Å². The fraction of sp³-hybridized carbons (Fsp3) is 0.500. The number of guanidine groups is 1. The van der Waals surface area contributed by atoms with Crippen molar-refractivity contribution in [3.8, 4) is 5.75 Å². The van der Waals surface area contributed by atoms with Crippen molar-refractivity contribution in [1.82, 2.24) is 31.1 Å². The van der Waals surface area contributed by atoms with Crippen molar-refractivity contribution in [2.45, 2.75) is 113 Å². The number of aliphatic imine (C=N–C) groups is 1. The molecule has 22 nitrogen and oxygen atoms in total. The standard InChI is InChI=1S/C42H58N10O12/c1-23(53)34(50-35(57)27(43)22-33(55)56)38(60)49-30(20-24-8-3-2-4-9-24)40(62)52-19-7-12-32(52)37(59)48-29(21-25-13-15-26(54)16-14-25)39(61)51-18-6-11-31(51)36(58)47-28(41(63)64)10-5-17-46-42(44)45/h2-4,8-9,13-16,23,27-32,34,53-54H,5-7,10-12,17-22,43H2,1H3,(H,47,58)(H,48,59)(H,49,60)(H,50,57)(H,55,56)(H,63,64)(H4,44,45,46)/t23-,27+,28+,29+,30+,31+,32+,34+/m1/s1. The highest BCUT2D eigenvalue weighted by Crippen LogP contribution is 2.24. The molecule has 348 valence electrons. The number of nitrogens with zero attached hydrogens (tertiary/aromatic N) is 3. The first-order valence-corrected chi connectivity index (χ1v) is 20.9. The van der Waals surface area contributed by atoms with Crippen LogP contribution in [0.2, 0.25) is 0 Å². The minimum Gasteiger partial charge on any atom is -0.508 e. The van der Waals surface area contributed by atoms with Crippen LogP contribution < -0.4 is 38.5 Å². The molecule has 4 rings (SSSR count). The van der Waals surface area contributed by atoms with Gasteiger partial charge in [0, 0.05) is 32.5 Å². The van der Waals surface area contributed by atoms with E-state index < -0.39 is 102 Å². The molecule has 0 radical (unpaired) electrons. The van der Waals surface area contributed by atoms with Crippen molar-refractivity contribution in [3.63, 3.8) is 0 Å². The topological polar surface area (TPSA) is 362 Å². The number of hydrogen-bond donors (Lipinski definition) is 11. The quantitative estimate of drug-likeness (QED) is 0.0329. The summed E-state index contributed by atoms with van der Waals surface area (Å²) in [5, 5.41) is 49.4. The molecule has 22 heteroatoms. The molecule has 0 bridgehead atoms. The molecule has 2 aromatic rings. The number of aliphatic carboxylic acids is 2. The lowest BCUT2D eigenvalue weighted by atomic mass is 10.0. The summed E-state index contributed by atoms with van der Waals surface area (Å²) >= 11 is 0. The van der Waals surface area contributed by atoms with Gasteiger partial charge in [0.2, 0.25) is 35.4 Å². The Morgan fingerprint density at radius 3 is 1.75 bits per heavy atom. The number of hydrogen-bond acceptors (Lipinski definition) is 12. The zero-order valence-electron chi connectivity index (χ0n) is 35.4. The minimum atomic E-state index is -1.65. The lowest BCUT2D eigenvalue weighted by molar-refractivity contribution is -0.146. The molecule has 0 aromatic heterocycles. The lowest BCUT2D eigenvalue weighted by Gasteiger charge is -2.32. The van der Waals surface area contributed by atoms with E-state index in [4.69, 9.17) is 22.3 Å². The molecular weight excluding hydrogens is 837 g/mol. The third kappa shape index (κ3) is 14.4. The molecule has 14 N–H and O–H groups in total. The molecule has 0 spiro atoms. The molecule has 0 unspecified atom stereocenters. The largest absolute Gasteiger partial charge is 0.508 e. The monoisotopic (exact) mass is 894 g/mol. The number of amides is 6. The molecule has 2 fully saturated rings. The molecule has 2 saturated heterocycles. The average Bonchev–Trinajstić information content (AvgIpc) is 3.95. The molecule has 2 aliphatic rings. The molecule has 6 amide bonds. The fourth-order valence-corrected chi connectivity index (χ4v) is 7.63. The summed E-state index contributed by atoms with van der Waals surface area (Å²) in [7, 11) is 0. The highest BCUT2D eigenvalue weighted by molar-refractivity contribution is 5.98. The zero-order valence-corrected chi connectivity index (χ0v) is 35.4. The summed E-state index contributed by atoms with van der Waals surface area (Å²) in [6.07, 6.45) is -1.02. The van der Waals surface area contributed by atoms with Crippen molar-refractivity contribution in [3.05, 3.63) is 65.7 Å². The summed E-state index contributed by atoms with van der Waals surface area (Å²) < 4.78 is 0. The zero-order chi connectivity index (χ0) is 47.1. The van der Waals surface area contributed by atoms with Crippen molar-refractivity contribution >= 4 is 53.3 Å². The van der Waals surface area contributed by atoms with Gasteiger partial charge in [0.1, 0.15) is 42.0 Å². The first kappa shape index (κ1) is 49.8. The van der Waals surface area contributed by atoms with E-state index in [1.807, 2.05) is 0 Å². The van der Waals surface area contributed by atoms with Gasteiger partial charge in [-0.2, -0.15) is 0 Å². The maximum atomic E-state index is 14.5. The van der Waals surface area contributed by atoms with E-state index in [0.717, 1.165) is 0 Å². The summed E-state index contributed by atoms with van der Waals surface area (Å²) in [6, 6.07) is 5.20. The Kier molecular flexibility index (Phi) is 18.4. The Morgan fingerprint density at radius 2 is 1.25 bits per heavy atom. The Hall–Kier alpha value is -6.81. The third-order valence-electron chi connectivity index (χ3n) is 10.9. The SMILES string of the molecule is C[C@@H](O)[C@H](NC(=O)[C@@H](N)CC(=O)O)C(=O)N[C@@H](Cc1ccccc1)C(=O)N1CCC[C@H]1C(=O)N[C@@H](Cc1ccc(O)cc1)C(=O)N1CCC[C@H]1C(=O)N[C@@H](CCCN=C(N)N)C(=O)O. The maximum Gasteiger partial charge on any atom is 0.326 e. The van der Waals surface area contributed by atoms with Crippen LogP contribution in [-0.2, 0) is 51.2 Å². The number of phenolic OH excluding ortho intramolecular Hbond substituents is 1. The number of carboxylic acids is 2. The van der Waals surface area contributed by atoms with Gasteiger partial charge < -0.3 is 68.7 Å². The van der Waals surface area contributed by atoms with Crippen LogP contribution in [0.4, 0.5) is 0 Å². The average molecular weight is 895 g/mol. The highest BCUT2D eigenvalue weighted by atomic mass is 16.4. The van der Waals surface area contributed by atoms with Crippen LogP contribution in [0.1, 0.15) is 63.0 Å². The van der Waals surface area contributed by atoms with Gasteiger partial charge in [0.25, 0.3) is 0 Å². The Labute approximate surface area is 369 Å². The van der Waals surface area contributed by atoms with Crippen LogP contribution >= 0.6 is 0 Å². The highest BCUT2D eigenvalue weighted by Gasteiger charge is 2.43. The fourth-order valence-electron chi connectivity index (χ4n) is 7.63. The summed E-state index contributed by atoms with van der Waals surface area (Å²) in [6.45, 7) is 1.55. The number of likely N-dealkylation sites (tertiary alicyclic amines) is 2. The van der Waals surface area contributed by atoms with Crippen LogP contribution in [0.3, 0.4) is 0 Å². The van der Waals surface area contributed by atoms with Crippen LogP contribution in [-0.4, -0.2) is 152 Å². The molecule has 2 heterocycles. The first-order chi connectivity index (χ1) is 30.4. The van der Waals surface area contributed by atoms with Crippen molar-refractivity contribution in [1.29, 1.82) is 0 Å². The number of rotatable bonds is 22. The molecule has 64 heavy (non-hydrogen) atoms. The lowest BCUT2D eigenvalue weighted by Crippen LogP contribution is -2.61. The van der Waals surface area contributed by atoms with E-state index in [0.29, 0.717) is 24.0 Å². The molecule has 2 aliphatic heterocycles. The smallest absolute Gasteiger partial charge is 0.326 e. The van der Waals surface area contributed by atoms with E-state index in [-0.39, 0.29) is 69.9 Å². The number of nitrogens with one attached hydrogen (secondary N) is 4. The summed E-state index contributed by atoms with van der Waals surface area (Å²) in [4.78, 5) is 113. The molecule has 0 saturated carbocycles. The normalized spacial score (nSPS) is 18.6. The number of carbonyl (C=O) groups is 8. The van der Waals surface area contributed by atoms with Gasteiger partial charge in [0.05, 0.1) is 18.6 Å². The number of aliphatic hydroxyl groups excluding tert-OH is 1. The van der Waals surface area contributed by atoms with Gasteiger partial charge in [-0.1, -0.05) is 42.5 Å². The second-order valence-electron chi connectivity index (χ2n) is 15.8. The van der Waals surface area contributed by atoms with E-state index in [1.54, 1.807) is 42.5 Å². The van der Waals surface area contributed by atoms with Gasteiger partial charge in [-0.3, -0.25) is 38.6 Å². The molecule has 0 aliphatic carbocycles. The molecular formula is C42H58N10O12. The summed E-state index contributed by atoms with van der Waals surface area (Å²) in [5.41, 5.74) is 17.5. The first-order valence-electron chi connectivity index (χ1n) is 20.9. The van der Waals surface area contributed by atoms with Crippen molar-refractivity contribution in [2.24, 2.45) is 22.2 Å². The Morgan fingerprint density at radius 1 is 0.734 bits per heavy atom. The maximum absolute atomic E-state index is 14.5. The third-order valence-corrected chi connectivity index (χ3v) is 10.9. The van der Waals surface area contributed by atoms with E-state index >= 15 is 0 Å². The van der Waals surface area contributed by atoms with Gasteiger partial charge in [0.15, 0.2) is 5.96 Å². The van der Waals surface area contributed by atoms with Crippen molar-refractivity contribution < 1.29 is 58.8 Å². The van der Waals surface area contributed by atoms with Gasteiger partial charge in [-0.25, -0.2) is 4.79 Å². The minimum absolute atomic E-state index is 0.00551. The number of nitrogens with two attached hydrogens (primary N) is 3. The number of aromatic hydroxyl groups is 1. The number of carbonyl (C=O) groups excluding carboxylic acids is 6. The Bertz CT molecular complexity index is 2010. The second-order valence-corrected chi connectivity index (χ2v) is 15.8. The van der Waals surface area contributed by atoms with Crippen LogP contribution in [0.15, 0.2) is 59.6 Å². The predicted octanol–water partition coefficient (Wildman–Crippen LogP) is -2.58. The van der Waals surface area contributed by atoms with Crippen molar-refractivity contribution in [2.75, 3.05) is 19.6 Å². The summed E-state index contributed by atoms with van der Waals surface area (Å²) in [5.74, 6) is -7.60. The second kappa shape index (κ2) is 23.6. The van der Waals surface area contributed by atoms with Crippen LogP contribution in [0.25, 0.3) is 0 Å². The Balaban J connectivity index is 1.56. The number of carboxylic acid groups (broad SMARTS) is 2. The van der Waals surface area contributed by atoms with E-state index in [9.17, 15) is 53.7 Å². The predicted molar refractivity (Wildman–Crippen MR) is 229 cm³/mol. The van der Waals surface area contributed by atoms with Gasteiger partial charge in [-0.15, -0.1) is 0 Å². The molecule has 2 aromatic carbocycles. The number of phenols is 1. The van der Waals surface area contributed by atoms with Crippen LogP contribution in [0.5, 0.6) is 5.75 Å². The van der Waals surface area contributed by atoms with E-state index in [1.165, 1.54) is 28.9 Å². The number of aliphatic hydroxyl groups is 1. The van der Waals surface area contributed by atoms with Gasteiger partial charge >= 0.3 is 11.9 Å².